The van der Waals surface area contributed by atoms with E-state index in [1.807, 2.05) is 13.1 Å². The normalized spacial score (nSPS) is 18.6. The number of sulfonamides is 1. The number of nitrogens with one attached hydrogen (secondary N) is 2. The van der Waals surface area contributed by atoms with Crippen molar-refractivity contribution < 1.29 is 17.2 Å². The van der Waals surface area contributed by atoms with Gasteiger partial charge in [0.05, 0.1) is 29.5 Å². The molecule has 0 bridgehead atoms. The molecule has 2 N–H and O–H groups in total. The number of hydrogen-bond acceptors (Lipinski definition) is 9. The molecule has 168 valence electrons. The molecule has 0 unspecified atom stereocenters. The standard InChI is InChI=1S/C18H18F2N8O2S2/c1-27-6-10(7-27)23-12-4-11(32(29,30)26-18(9-21)2-3-18)8-28-13(12)5-22-15(28)17-25-24-16(31-17)14(19)20/h4-5,8,10,14,23,26H,2-3,6-7H2,1H3. The molecule has 0 aromatic carbocycles. The second-order valence-electron chi connectivity index (χ2n) is 8.03. The number of nitriles is 1. The number of pyridine rings is 1. The van der Waals surface area contributed by atoms with E-state index in [0.29, 0.717) is 35.4 Å². The zero-order chi connectivity index (χ0) is 22.7. The van der Waals surface area contributed by atoms with Gasteiger partial charge in [0.2, 0.25) is 10.0 Å². The molecule has 14 heteroatoms. The first-order chi connectivity index (χ1) is 15.2. The lowest BCUT2D eigenvalue weighted by molar-refractivity contribution is 0.150. The molecule has 0 atom stereocenters. The van der Waals surface area contributed by atoms with Crippen LogP contribution < -0.4 is 10.0 Å². The number of fused-ring (bicyclic) bond motifs is 1. The van der Waals surface area contributed by atoms with Crippen molar-refractivity contribution in [3.05, 3.63) is 23.5 Å². The average molecular weight is 481 g/mol. The Hall–Kier alpha value is -2.73. The predicted molar refractivity (Wildman–Crippen MR) is 112 cm³/mol. The van der Waals surface area contributed by atoms with E-state index < -0.39 is 27.0 Å². The Kier molecular flexibility index (Phi) is 4.89. The quantitative estimate of drug-likeness (QED) is 0.524. The van der Waals surface area contributed by atoms with E-state index in [4.69, 9.17) is 0 Å². The van der Waals surface area contributed by atoms with Crippen LogP contribution in [0.2, 0.25) is 0 Å². The van der Waals surface area contributed by atoms with Gasteiger partial charge in [-0.1, -0.05) is 11.3 Å². The van der Waals surface area contributed by atoms with Gasteiger partial charge in [0.1, 0.15) is 10.4 Å². The molecule has 0 spiro atoms. The summed E-state index contributed by atoms with van der Waals surface area (Å²) >= 11 is 0.695. The van der Waals surface area contributed by atoms with Gasteiger partial charge < -0.3 is 10.2 Å². The summed E-state index contributed by atoms with van der Waals surface area (Å²) < 4.78 is 56.1. The summed E-state index contributed by atoms with van der Waals surface area (Å²) in [5.41, 5.74) is 0.0233. The third kappa shape index (κ3) is 3.71. The lowest BCUT2D eigenvalue weighted by Gasteiger charge is -2.37. The number of anilines is 1. The number of imidazole rings is 1. The second-order valence-corrected chi connectivity index (χ2v) is 10.7. The van der Waals surface area contributed by atoms with Crippen molar-refractivity contribution in [2.24, 2.45) is 0 Å². The number of halogens is 2. The van der Waals surface area contributed by atoms with Crippen LogP contribution in [0.1, 0.15) is 24.3 Å². The summed E-state index contributed by atoms with van der Waals surface area (Å²) in [5.74, 6) is 0.205. The summed E-state index contributed by atoms with van der Waals surface area (Å²) in [6.45, 7) is 1.57. The van der Waals surface area contributed by atoms with Crippen molar-refractivity contribution in [3.63, 3.8) is 0 Å². The molecule has 10 nitrogen and oxygen atoms in total. The molecule has 1 aliphatic heterocycles. The molecule has 0 radical (unpaired) electrons. The highest BCUT2D eigenvalue weighted by molar-refractivity contribution is 7.89. The number of nitrogens with zero attached hydrogens (tertiary/aromatic N) is 6. The molecule has 5 rings (SSSR count). The number of rotatable bonds is 7. The fourth-order valence-corrected chi connectivity index (χ4v) is 5.69. The number of alkyl halides is 2. The van der Waals surface area contributed by atoms with Gasteiger partial charge in [-0.05, 0) is 26.0 Å². The van der Waals surface area contributed by atoms with Crippen LogP contribution in [-0.4, -0.2) is 64.6 Å². The van der Waals surface area contributed by atoms with Crippen LogP contribution in [0.4, 0.5) is 14.5 Å². The highest BCUT2D eigenvalue weighted by Crippen LogP contribution is 2.37. The van der Waals surface area contributed by atoms with E-state index in [9.17, 15) is 22.5 Å². The third-order valence-electron chi connectivity index (χ3n) is 5.46. The SMILES string of the molecule is CN1CC(Nc2cc(S(=O)(=O)NC3(C#N)CC3)cn3c(-c4nnc(C(F)F)s4)ncc23)C1. The zero-order valence-electron chi connectivity index (χ0n) is 16.8. The molecule has 1 saturated carbocycles. The molecule has 32 heavy (non-hydrogen) atoms. The van der Waals surface area contributed by atoms with Crippen LogP contribution in [0.3, 0.4) is 0 Å². The first kappa shape index (κ1) is 21.1. The Bertz CT molecular complexity index is 1340. The van der Waals surface area contributed by atoms with Gasteiger partial charge in [-0.15, -0.1) is 10.2 Å². The van der Waals surface area contributed by atoms with Crippen molar-refractivity contribution in [2.45, 2.75) is 35.7 Å². The monoisotopic (exact) mass is 480 g/mol. The molecule has 0 amide bonds. The van der Waals surface area contributed by atoms with E-state index in [2.05, 4.69) is 30.1 Å². The molecule has 2 fully saturated rings. The van der Waals surface area contributed by atoms with E-state index in [0.717, 1.165) is 13.1 Å². The first-order valence-electron chi connectivity index (χ1n) is 9.73. The largest absolute Gasteiger partial charge is 0.378 e. The van der Waals surface area contributed by atoms with Gasteiger partial charge in [0.15, 0.2) is 15.8 Å². The first-order valence-corrected chi connectivity index (χ1v) is 12.0. The van der Waals surface area contributed by atoms with E-state index in [-0.39, 0.29) is 21.8 Å². The Balaban J connectivity index is 1.61. The topological polar surface area (TPSA) is 128 Å². The Morgan fingerprint density at radius 3 is 2.69 bits per heavy atom. The van der Waals surface area contributed by atoms with Gasteiger partial charge >= 0.3 is 0 Å². The average Bonchev–Trinajstić information content (AvgIpc) is 3.13. The van der Waals surface area contributed by atoms with E-state index >= 15 is 0 Å². The summed E-state index contributed by atoms with van der Waals surface area (Å²) in [4.78, 5) is 6.34. The van der Waals surface area contributed by atoms with Crippen LogP contribution in [-0.2, 0) is 10.0 Å². The minimum atomic E-state index is -4.03. The van der Waals surface area contributed by atoms with Crippen LogP contribution in [0.25, 0.3) is 16.3 Å². The summed E-state index contributed by atoms with van der Waals surface area (Å²) in [5, 5.41) is 19.6. The Labute approximate surface area is 185 Å². The van der Waals surface area contributed by atoms with Gasteiger partial charge in [-0.3, -0.25) is 4.40 Å². The van der Waals surface area contributed by atoms with Crippen molar-refractivity contribution in [1.82, 2.24) is 29.2 Å². The maximum atomic E-state index is 13.1. The molecular weight excluding hydrogens is 462 g/mol. The molecule has 2 aliphatic rings. The molecule has 1 saturated heterocycles. The fraction of sp³-hybridized carbons (Fsp3) is 0.444. The van der Waals surface area contributed by atoms with Crippen LogP contribution >= 0.6 is 11.3 Å². The van der Waals surface area contributed by atoms with Crippen molar-refractivity contribution >= 4 is 32.6 Å². The molecule has 4 heterocycles. The smallest absolute Gasteiger partial charge is 0.291 e. The van der Waals surface area contributed by atoms with Crippen LogP contribution in [0.15, 0.2) is 23.4 Å². The van der Waals surface area contributed by atoms with Gasteiger partial charge in [0, 0.05) is 19.3 Å². The maximum absolute atomic E-state index is 13.1. The molecule has 1 aliphatic carbocycles. The Morgan fingerprint density at radius 1 is 1.34 bits per heavy atom. The highest BCUT2D eigenvalue weighted by Gasteiger charge is 2.47. The summed E-state index contributed by atoms with van der Waals surface area (Å²) in [6.07, 6.45) is 1.02. The molecular formula is C18H18F2N8O2S2. The minimum absolute atomic E-state index is 0.0699. The molecule has 3 aromatic rings. The van der Waals surface area contributed by atoms with Crippen molar-refractivity contribution in [1.29, 1.82) is 5.26 Å². The predicted octanol–water partition coefficient (Wildman–Crippen LogP) is 1.85. The zero-order valence-corrected chi connectivity index (χ0v) is 18.4. The Morgan fingerprint density at radius 2 is 2.09 bits per heavy atom. The number of likely N-dealkylation sites (tertiary alicyclic amines) is 1. The third-order valence-corrected chi connectivity index (χ3v) is 7.89. The summed E-state index contributed by atoms with van der Waals surface area (Å²) in [6, 6.07) is 3.63. The second kappa shape index (κ2) is 7.41. The van der Waals surface area contributed by atoms with Crippen LogP contribution in [0.5, 0.6) is 0 Å². The minimum Gasteiger partial charge on any atom is -0.378 e. The molecule has 3 aromatic heterocycles. The van der Waals surface area contributed by atoms with Crippen molar-refractivity contribution in [3.8, 4) is 16.9 Å². The number of hydrogen-bond donors (Lipinski definition) is 2. The highest BCUT2D eigenvalue weighted by atomic mass is 32.2. The van der Waals surface area contributed by atoms with E-state index in [1.54, 1.807) is 0 Å². The van der Waals surface area contributed by atoms with Crippen LogP contribution in [0, 0.1) is 11.3 Å². The number of likely N-dealkylation sites (N-methyl/N-ethyl adjacent to an activating group) is 1. The van der Waals surface area contributed by atoms with Crippen molar-refractivity contribution in [2.75, 3.05) is 25.5 Å². The lowest BCUT2D eigenvalue weighted by atomic mass is 10.1. The van der Waals surface area contributed by atoms with Gasteiger partial charge in [-0.2, -0.15) is 9.98 Å². The number of aromatic nitrogens is 4. The lowest BCUT2D eigenvalue weighted by Crippen LogP contribution is -2.52. The van der Waals surface area contributed by atoms with Gasteiger partial charge in [0.25, 0.3) is 6.43 Å². The fourth-order valence-electron chi connectivity index (χ4n) is 3.59. The van der Waals surface area contributed by atoms with Gasteiger partial charge in [-0.25, -0.2) is 22.2 Å². The maximum Gasteiger partial charge on any atom is 0.291 e. The van der Waals surface area contributed by atoms with E-state index in [1.165, 1.54) is 22.9 Å². The summed E-state index contributed by atoms with van der Waals surface area (Å²) in [7, 11) is -2.05.